The molecule has 0 radical (unpaired) electrons. The second-order valence-electron chi connectivity index (χ2n) is 4.86. The zero-order valence-electron chi connectivity index (χ0n) is 12.7. The van der Waals surface area contributed by atoms with Crippen LogP contribution in [0, 0.1) is 5.92 Å². The Morgan fingerprint density at radius 3 is 2.25 bits per heavy atom. The van der Waals surface area contributed by atoms with Crippen LogP contribution in [0.3, 0.4) is 0 Å². The lowest BCUT2D eigenvalue weighted by Crippen LogP contribution is -2.41. The number of nitrogens with one attached hydrogen (secondary N) is 2. The highest BCUT2D eigenvalue weighted by Crippen LogP contribution is 2.14. The van der Waals surface area contributed by atoms with Crippen molar-refractivity contribution >= 4 is 29.9 Å². The molecule has 0 aliphatic carbocycles. The zero-order chi connectivity index (χ0) is 14.1. The number of methoxy groups -OCH3 is 1. The molecule has 2 N–H and O–H groups in total. The molecule has 1 aromatic rings. The van der Waals surface area contributed by atoms with Crippen LogP contribution in [-0.4, -0.2) is 33.2 Å². The van der Waals surface area contributed by atoms with Crippen LogP contribution in [0.5, 0.6) is 0 Å². The van der Waals surface area contributed by atoms with E-state index in [9.17, 15) is 0 Å². The van der Waals surface area contributed by atoms with E-state index in [1.165, 1.54) is 0 Å². The first kappa shape index (κ1) is 19.2. The summed E-state index contributed by atoms with van der Waals surface area (Å²) in [7, 11) is 3.50. The van der Waals surface area contributed by atoms with Gasteiger partial charge in [0.25, 0.3) is 0 Å². The summed E-state index contributed by atoms with van der Waals surface area (Å²) in [4.78, 5) is 4.20. The maximum Gasteiger partial charge on any atom is 0.191 e. The summed E-state index contributed by atoms with van der Waals surface area (Å²) < 4.78 is 5.51. The van der Waals surface area contributed by atoms with E-state index in [1.807, 2.05) is 18.2 Å². The molecule has 0 heterocycles. The van der Waals surface area contributed by atoms with Gasteiger partial charge >= 0.3 is 0 Å². The summed E-state index contributed by atoms with van der Waals surface area (Å²) in [5.41, 5.74) is 1.16. The van der Waals surface area contributed by atoms with Crippen molar-refractivity contribution in [1.82, 2.24) is 10.6 Å². The van der Waals surface area contributed by atoms with Crippen molar-refractivity contribution in [2.75, 3.05) is 27.2 Å². The number of rotatable bonds is 6. The number of ether oxygens (including phenoxy) is 1. The molecule has 0 aliphatic heterocycles. The predicted octanol–water partition coefficient (Wildman–Crippen LogP) is 2.81. The van der Waals surface area contributed by atoms with E-state index >= 15 is 0 Å². The molecule has 0 spiro atoms. The third-order valence-corrected chi connectivity index (χ3v) is 2.81. The number of guanidine groups is 1. The Hall–Kier alpha value is -0.820. The number of nitrogens with zero attached hydrogens (tertiary/aromatic N) is 1. The van der Waals surface area contributed by atoms with Crippen LogP contribution in [0.25, 0.3) is 0 Å². The van der Waals surface area contributed by atoms with Gasteiger partial charge in [0.2, 0.25) is 0 Å². The Morgan fingerprint density at radius 2 is 1.75 bits per heavy atom. The maximum atomic E-state index is 5.51. The largest absolute Gasteiger partial charge is 0.375 e. The molecule has 20 heavy (non-hydrogen) atoms. The van der Waals surface area contributed by atoms with Crippen molar-refractivity contribution < 1.29 is 4.74 Å². The van der Waals surface area contributed by atoms with Crippen molar-refractivity contribution in [1.29, 1.82) is 0 Å². The van der Waals surface area contributed by atoms with Crippen LogP contribution in [-0.2, 0) is 4.74 Å². The van der Waals surface area contributed by atoms with Crippen LogP contribution in [0.1, 0.15) is 25.5 Å². The summed E-state index contributed by atoms with van der Waals surface area (Å²) in [5.74, 6) is 1.40. The van der Waals surface area contributed by atoms with E-state index in [-0.39, 0.29) is 30.1 Å². The first-order valence-electron chi connectivity index (χ1n) is 6.69. The Labute approximate surface area is 139 Å². The van der Waals surface area contributed by atoms with Gasteiger partial charge in [-0.1, -0.05) is 44.2 Å². The smallest absolute Gasteiger partial charge is 0.191 e. The van der Waals surface area contributed by atoms with Gasteiger partial charge in [-0.25, -0.2) is 0 Å². The van der Waals surface area contributed by atoms with E-state index in [1.54, 1.807) is 14.2 Å². The molecule has 1 aromatic carbocycles. The topological polar surface area (TPSA) is 45.7 Å². The van der Waals surface area contributed by atoms with Gasteiger partial charge in [0.15, 0.2) is 5.96 Å². The highest BCUT2D eigenvalue weighted by atomic mass is 127. The fraction of sp³-hybridized carbons (Fsp3) is 0.533. The normalized spacial score (nSPS) is 12.8. The van der Waals surface area contributed by atoms with Gasteiger partial charge in [-0.05, 0) is 11.5 Å². The summed E-state index contributed by atoms with van der Waals surface area (Å²) in [6, 6.07) is 10.2. The second kappa shape index (κ2) is 10.9. The summed E-state index contributed by atoms with van der Waals surface area (Å²) in [6.45, 7) is 5.94. The Bertz CT molecular complexity index is 382. The molecule has 1 rings (SSSR count). The van der Waals surface area contributed by atoms with Crippen LogP contribution in [0.15, 0.2) is 35.3 Å². The standard InChI is InChI=1S/C15H25N3O.HI/c1-12(2)10-17-15(16-3)18-11-14(19-4)13-8-6-5-7-9-13;/h5-9,12,14H,10-11H2,1-4H3,(H2,16,17,18);1H. The SMILES string of the molecule is CN=C(NCC(C)C)NCC(OC)c1ccccc1.I. The highest BCUT2D eigenvalue weighted by molar-refractivity contribution is 14.0. The van der Waals surface area contributed by atoms with Gasteiger partial charge in [-0.15, -0.1) is 24.0 Å². The van der Waals surface area contributed by atoms with Crippen molar-refractivity contribution in [2.24, 2.45) is 10.9 Å². The Kier molecular flexibility index (Phi) is 10.5. The monoisotopic (exact) mass is 391 g/mol. The minimum Gasteiger partial charge on any atom is -0.375 e. The molecule has 0 saturated carbocycles. The lowest BCUT2D eigenvalue weighted by atomic mass is 10.1. The van der Waals surface area contributed by atoms with Gasteiger partial charge < -0.3 is 15.4 Å². The minimum atomic E-state index is 0. The van der Waals surface area contributed by atoms with Crippen molar-refractivity contribution in [3.63, 3.8) is 0 Å². The van der Waals surface area contributed by atoms with Crippen LogP contribution in [0.2, 0.25) is 0 Å². The van der Waals surface area contributed by atoms with Crippen molar-refractivity contribution in [3.8, 4) is 0 Å². The molecule has 0 bridgehead atoms. The average Bonchev–Trinajstić information content (AvgIpc) is 2.43. The fourth-order valence-corrected chi connectivity index (χ4v) is 1.72. The van der Waals surface area contributed by atoms with E-state index in [0.29, 0.717) is 12.5 Å². The summed E-state index contributed by atoms with van der Waals surface area (Å²) >= 11 is 0. The third kappa shape index (κ3) is 7.09. The Balaban J connectivity index is 0.00000361. The molecule has 1 unspecified atom stereocenters. The lowest BCUT2D eigenvalue weighted by molar-refractivity contribution is 0.106. The number of halogens is 1. The second-order valence-corrected chi connectivity index (χ2v) is 4.86. The highest BCUT2D eigenvalue weighted by Gasteiger charge is 2.10. The van der Waals surface area contributed by atoms with Gasteiger partial charge in [0, 0.05) is 27.2 Å². The third-order valence-electron chi connectivity index (χ3n) is 2.81. The molecule has 5 heteroatoms. The van der Waals surface area contributed by atoms with Gasteiger partial charge in [-0.3, -0.25) is 4.99 Å². The van der Waals surface area contributed by atoms with Crippen LogP contribution in [0.4, 0.5) is 0 Å². The van der Waals surface area contributed by atoms with E-state index in [2.05, 4.69) is 41.6 Å². The van der Waals surface area contributed by atoms with Crippen LogP contribution < -0.4 is 10.6 Å². The predicted molar refractivity (Wildman–Crippen MR) is 95.8 cm³/mol. The lowest BCUT2D eigenvalue weighted by Gasteiger charge is -2.19. The molecule has 0 amide bonds. The molecular weight excluding hydrogens is 365 g/mol. The maximum absolute atomic E-state index is 5.51. The molecule has 1 atom stereocenters. The molecule has 0 saturated heterocycles. The van der Waals surface area contributed by atoms with Gasteiger partial charge in [-0.2, -0.15) is 0 Å². The quantitative estimate of drug-likeness (QED) is 0.446. The number of hydrogen-bond donors (Lipinski definition) is 2. The van der Waals surface area contributed by atoms with Gasteiger partial charge in [0.05, 0.1) is 6.10 Å². The first-order chi connectivity index (χ1) is 9.17. The van der Waals surface area contributed by atoms with Gasteiger partial charge in [0.1, 0.15) is 0 Å². The molecule has 4 nitrogen and oxygen atoms in total. The molecule has 114 valence electrons. The fourth-order valence-electron chi connectivity index (χ4n) is 1.72. The molecule has 0 fully saturated rings. The molecule has 0 aliphatic rings. The van der Waals surface area contributed by atoms with Crippen molar-refractivity contribution in [2.45, 2.75) is 20.0 Å². The van der Waals surface area contributed by atoms with Crippen LogP contribution >= 0.6 is 24.0 Å². The minimum absolute atomic E-state index is 0. The zero-order valence-corrected chi connectivity index (χ0v) is 15.0. The average molecular weight is 391 g/mol. The Morgan fingerprint density at radius 1 is 1.15 bits per heavy atom. The number of hydrogen-bond acceptors (Lipinski definition) is 2. The first-order valence-corrected chi connectivity index (χ1v) is 6.69. The van der Waals surface area contributed by atoms with Crippen molar-refractivity contribution in [3.05, 3.63) is 35.9 Å². The van der Waals surface area contributed by atoms with E-state index in [4.69, 9.17) is 4.74 Å². The van der Waals surface area contributed by atoms with E-state index in [0.717, 1.165) is 18.1 Å². The molecular formula is C15H26IN3O. The summed E-state index contributed by atoms with van der Waals surface area (Å²) in [5, 5.41) is 6.57. The molecule has 0 aromatic heterocycles. The number of benzene rings is 1. The van der Waals surface area contributed by atoms with E-state index < -0.39 is 0 Å². The number of aliphatic imine (C=N–C) groups is 1. The summed E-state index contributed by atoms with van der Waals surface area (Å²) in [6.07, 6.45) is 0.0267.